The minimum absolute atomic E-state index is 0.0108. The van der Waals surface area contributed by atoms with Crippen LogP contribution in [0.25, 0.3) is 0 Å². The van der Waals surface area contributed by atoms with Crippen molar-refractivity contribution in [2.75, 3.05) is 23.9 Å². The average Bonchev–Trinajstić information content (AvgIpc) is 3.29. The number of aliphatic imine (C=N–C) groups is 2. The van der Waals surface area contributed by atoms with Gasteiger partial charge in [0.1, 0.15) is 0 Å². The van der Waals surface area contributed by atoms with Crippen molar-refractivity contribution in [3.05, 3.63) is 70.4 Å². The molecule has 0 bridgehead atoms. The van der Waals surface area contributed by atoms with Gasteiger partial charge in [0.2, 0.25) is 11.8 Å². The third kappa shape index (κ3) is 8.70. The summed E-state index contributed by atoms with van der Waals surface area (Å²) in [5.74, 6) is -0.0215. The van der Waals surface area contributed by atoms with Crippen molar-refractivity contribution < 1.29 is 22.7 Å². The summed E-state index contributed by atoms with van der Waals surface area (Å²) in [6.45, 7) is 3.07. The number of thiophene rings is 1. The zero-order valence-corrected chi connectivity index (χ0v) is 22.5. The van der Waals surface area contributed by atoms with Crippen molar-refractivity contribution in [3.63, 3.8) is 0 Å². The number of hydrogen-bond donors (Lipinski definition) is 0. The van der Waals surface area contributed by atoms with Gasteiger partial charge >= 0.3 is 33.3 Å². The summed E-state index contributed by atoms with van der Waals surface area (Å²) in [6, 6.07) is 19.0. The van der Waals surface area contributed by atoms with Crippen LogP contribution in [0.3, 0.4) is 0 Å². The van der Waals surface area contributed by atoms with Gasteiger partial charge in [0.25, 0.3) is 0 Å². The topological polar surface area (TPSA) is 65.3 Å². The van der Waals surface area contributed by atoms with E-state index in [2.05, 4.69) is 9.98 Å². The molecule has 0 radical (unpaired) electrons. The monoisotopic (exact) mass is 558 g/mol. The Morgan fingerprint density at radius 1 is 0.735 bits per heavy atom. The van der Waals surface area contributed by atoms with Crippen LogP contribution in [0.5, 0.6) is 0 Å². The SMILES string of the molecule is CC(=O)N(C)c1ccc(N=Cc2ccc(C=Nc3ccc(N(C)C(C)=O)cc3)s2)cc1.[Cl][Fe][Cl]. The van der Waals surface area contributed by atoms with E-state index in [0.717, 1.165) is 32.5 Å². The number of benzene rings is 2. The predicted octanol–water partition coefficient (Wildman–Crippen LogP) is 6.59. The first-order valence-electron chi connectivity index (χ1n) is 9.97. The fourth-order valence-corrected chi connectivity index (χ4v) is 3.43. The quantitative estimate of drug-likeness (QED) is 0.253. The summed E-state index contributed by atoms with van der Waals surface area (Å²) in [7, 11) is 13.0. The molecular formula is C24H24Cl2FeN4O2S. The molecule has 0 saturated heterocycles. The van der Waals surface area contributed by atoms with Crippen molar-refractivity contribution in [1.82, 2.24) is 0 Å². The van der Waals surface area contributed by atoms with E-state index in [1.54, 1.807) is 35.2 Å². The average molecular weight is 559 g/mol. The van der Waals surface area contributed by atoms with E-state index in [1.165, 1.54) is 13.8 Å². The summed E-state index contributed by atoms with van der Waals surface area (Å²) in [5, 5.41) is 0. The second-order valence-corrected chi connectivity index (χ2v) is 9.97. The van der Waals surface area contributed by atoms with E-state index in [9.17, 15) is 9.59 Å². The van der Waals surface area contributed by atoms with Crippen LogP contribution in [0, 0.1) is 0 Å². The van der Waals surface area contributed by atoms with Gasteiger partial charge in [-0.2, -0.15) is 0 Å². The van der Waals surface area contributed by atoms with Crippen LogP contribution in [-0.4, -0.2) is 38.3 Å². The molecular weight excluding hydrogens is 535 g/mol. The summed E-state index contributed by atoms with van der Waals surface area (Å²) >= 11 is 1.79. The molecule has 3 aromatic rings. The van der Waals surface area contributed by atoms with Gasteiger partial charge in [-0.1, -0.05) is 0 Å². The van der Waals surface area contributed by atoms with Gasteiger partial charge in [-0.3, -0.25) is 19.6 Å². The third-order valence-electron chi connectivity index (χ3n) is 4.75. The van der Waals surface area contributed by atoms with E-state index in [1.807, 2.05) is 73.1 Å². The zero-order valence-electron chi connectivity index (χ0n) is 19.1. The number of amides is 2. The predicted molar refractivity (Wildman–Crippen MR) is 142 cm³/mol. The van der Waals surface area contributed by atoms with Crippen LogP contribution < -0.4 is 9.80 Å². The number of anilines is 2. The van der Waals surface area contributed by atoms with Crippen LogP contribution >= 0.6 is 31.5 Å². The van der Waals surface area contributed by atoms with Crippen molar-refractivity contribution in [1.29, 1.82) is 0 Å². The number of hydrogen-bond acceptors (Lipinski definition) is 5. The molecule has 0 aliphatic heterocycles. The summed E-state index contributed by atoms with van der Waals surface area (Å²) in [6.07, 6.45) is 3.64. The van der Waals surface area contributed by atoms with Crippen molar-refractivity contribution in [2.24, 2.45) is 9.98 Å². The van der Waals surface area contributed by atoms with Crippen LogP contribution in [0.15, 0.2) is 70.6 Å². The molecule has 2 aromatic carbocycles. The summed E-state index contributed by atoms with van der Waals surface area (Å²) < 4.78 is 0. The Morgan fingerprint density at radius 3 is 1.35 bits per heavy atom. The molecule has 180 valence electrons. The van der Waals surface area contributed by atoms with Gasteiger partial charge in [0.05, 0.1) is 11.4 Å². The molecule has 0 aliphatic rings. The van der Waals surface area contributed by atoms with E-state index in [-0.39, 0.29) is 24.9 Å². The van der Waals surface area contributed by atoms with Crippen LogP contribution in [-0.2, 0) is 22.7 Å². The number of halogens is 2. The van der Waals surface area contributed by atoms with Gasteiger partial charge in [-0.25, -0.2) is 0 Å². The van der Waals surface area contributed by atoms with Crippen LogP contribution in [0.4, 0.5) is 22.7 Å². The molecule has 10 heteroatoms. The Morgan fingerprint density at radius 2 is 1.06 bits per heavy atom. The van der Waals surface area contributed by atoms with Crippen molar-refractivity contribution >= 4 is 78.5 Å². The fourth-order valence-electron chi connectivity index (χ4n) is 2.67. The molecule has 0 unspecified atom stereocenters. The standard InChI is InChI=1S/C24H24N4O2S.2ClH.Fe/c1-17(29)27(3)21-9-5-19(6-10-21)25-15-23-13-14-24(31-23)16-26-20-7-11-22(12-8-20)28(4)18(2)30;;;/h5-16H,1-4H3;2*1H;/q;;;+2/p-2. The molecule has 0 N–H and O–H groups in total. The molecule has 0 atom stereocenters. The molecule has 2 amide bonds. The molecule has 6 nitrogen and oxygen atoms in total. The Labute approximate surface area is 218 Å². The Kier molecular flexibility index (Phi) is 11.5. The fraction of sp³-hybridized carbons (Fsp3) is 0.167. The first-order chi connectivity index (χ1) is 16.2. The summed E-state index contributed by atoms with van der Waals surface area (Å²) in [5.41, 5.74) is 3.31. The molecule has 0 aliphatic carbocycles. The van der Waals surface area contributed by atoms with E-state index in [0.29, 0.717) is 0 Å². The maximum absolute atomic E-state index is 11.4. The van der Waals surface area contributed by atoms with Gasteiger partial charge in [0.15, 0.2) is 0 Å². The molecule has 34 heavy (non-hydrogen) atoms. The molecule has 3 rings (SSSR count). The number of carbonyl (C=O) groups excluding carboxylic acids is 2. The van der Waals surface area contributed by atoms with Crippen molar-refractivity contribution in [2.45, 2.75) is 13.8 Å². The third-order valence-corrected chi connectivity index (χ3v) is 5.70. The minimum atomic E-state index is -0.0108. The van der Waals surface area contributed by atoms with Gasteiger partial charge in [-0.15, -0.1) is 11.3 Å². The molecule has 1 aromatic heterocycles. The molecule has 0 saturated carbocycles. The first kappa shape index (κ1) is 27.8. The maximum atomic E-state index is 11.4. The number of nitrogens with zero attached hydrogens (tertiary/aromatic N) is 4. The van der Waals surface area contributed by atoms with Crippen molar-refractivity contribution in [3.8, 4) is 0 Å². The van der Waals surface area contributed by atoms with Gasteiger partial charge in [-0.05, 0) is 60.7 Å². The second kappa shape index (κ2) is 14.0. The van der Waals surface area contributed by atoms with Gasteiger partial charge in [0, 0.05) is 61.5 Å². The van der Waals surface area contributed by atoms with Crippen LogP contribution in [0.1, 0.15) is 23.6 Å². The normalized spacial score (nSPS) is 10.9. The molecule has 0 fully saturated rings. The van der Waals surface area contributed by atoms with E-state index >= 15 is 0 Å². The summed E-state index contributed by atoms with van der Waals surface area (Å²) in [4.78, 5) is 37.1. The second-order valence-electron chi connectivity index (χ2n) is 7.00. The number of carbonyl (C=O) groups is 2. The first-order valence-corrected chi connectivity index (χ1v) is 13.8. The zero-order chi connectivity index (χ0) is 25.1. The molecule has 0 spiro atoms. The Balaban J connectivity index is 0.00000129. The molecule has 1 heterocycles. The number of rotatable bonds is 6. The Hall–Kier alpha value is -2.48. The Bertz CT molecular complexity index is 1060. The van der Waals surface area contributed by atoms with E-state index in [4.69, 9.17) is 20.2 Å². The van der Waals surface area contributed by atoms with E-state index < -0.39 is 0 Å². The van der Waals surface area contributed by atoms with Crippen LogP contribution in [0.2, 0.25) is 0 Å². The van der Waals surface area contributed by atoms with Gasteiger partial charge < -0.3 is 9.80 Å².